The minimum Gasteiger partial charge on any atom is -0.482 e. The summed E-state index contributed by atoms with van der Waals surface area (Å²) >= 11 is 1.44. The van der Waals surface area contributed by atoms with E-state index in [4.69, 9.17) is 4.74 Å². The highest BCUT2D eigenvalue weighted by Gasteiger charge is 2.25. The summed E-state index contributed by atoms with van der Waals surface area (Å²) in [7, 11) is 1.73. The van der Waals surface area contributed by atoms with E-state index in [0.717, 1.165) is 21.8 Å². The highest BCUT2D eigenvalue weighted by atomic mass is 32.1. The number of aromatic nitrogens is 1. The van der Waals surface area contributed by atoms with Crippen molar-refractivity contribution in [2.45, 2.75) is 27.7 Å². The van der Waals surface area contributed by atoms with Crippen LogP contribution in [0.4, 0.5) is 10.8 Å². The molecule has 3 rings (SSSR count). The first-order chi connectivity index (χ1) is 11.7. The van der Waals surface area contributed by atoms with Gasteiger partial charge in [-0.05, 0) is 25.1 Å². The Kier molecular flexibility index (Phi) is 4.28. The van der Waals surface area contributed by atoms with E-state index < -0.39 is 5.41 Å². The van der Waals surface area contributed by atoms with Gasteiger partial charge in [-0.25, -0.2) is 4.98 Å². The summed E-state index contributed by atoms with van der Waals surface area (Å²) < 4.78 is 5.46. The van der Waals surface area contributed by atoms with Gasteiger partial charge >= 0.3 is 0 Å². The number of anilines is 2. The molecule has 1 aliphatic rings. The smallest absolute Gasteiger partial charge is 0.264 e. The molecule has 0 radical (unpaired) electrons. The topological polar surface area (TPSA) is 71.5 Å². The zero-order chi connectivity index (χ0) is 18.4. The molecule has 0 bridgehead atoms. The molecule has 2 amide bonds. The third-order valence-electron chi connectivity index (χ3n) is 4.02. The Labute approximate surface area is 150 Å². The van der Waals surface area contributed by atoms with Crippen molar-refractivity contribution in [1.82, 2.24) is 4.98 Å². The lowest BCUT2D eigenvalue weighted by molar-refractivity contribution is -0.123. The maximum atomic E-state index is 12.2. The van der Waals surface area contributed by atoms with E-state index in [9.17, 15) is 9.59 Å². The van der Waals surface area contributed by atoms with Gasteiger partial charge in [-0.1, -0.05) is 20.8 Å². The molecule has 0 fully saturated rings. The standard InChI is InChI=1S/C18H21N3O3S/c1-10-15(19-17(25-10)20-16(23)18(2,3)4)11-6-7-13-12(8-11)21(5)14(22)9-24-13/h6-8H,9H2,1-5H3,(H,19,20,23). The minimum absolute atomic E-state index is 0.0571. The van der Waals surface area contributed by atoms with Gasteiger partial charge in [-0.2, -0.15) is 0 Å². The summed E-state index contributed by atoms with van der Waals surface area (Å²) in [5.74, 6) is 0.523. The van der Waals surface area contributed by atoms with E-state index in [1.54, 1.807) is 11.9 Å². The summed E-state index contributed by atoms with van der Waals surface area (Å²) in [5.41, 5.74) is 1.92. The number of hydrogen-bond donors (Lipinski definition) is 1. The highest BCUT2D eigenvalue weighted by Crippen LogP contribution is 2.38. The van der Waals surface area contributed by atoms with Gasteiger partial charge in [0.15, 0.2) is 11.7 Å². The molecule has 0 saturated carbocycles. The van der Waals surface area contributed by atoms with Gasteiger partial charge in [0.2, 0.25) is 5.91 Å². The van der Waals surface area contributed by atoms with Crippen LogP contribution in [-0.2, 0) is 9.59 Å². The number of ether oxygens (including phenoxy) is 1. The number of carbonyl (C=O) groups is 2. The van der Waals surface area contributed by atoms with Crippen LogP contribution in [0.5, 0.6) is 5.75 Å². The van der Waals surface area contributed by atoms with Crippen molar-refractivity contribution in [1.29, 1.82) is 0 Å². The number of fused-ring (bicyclic) bond motifs is 1. The van der Waals surface area contributed by atoms with Crippen molar-refractivity contribution in [3.63, 3.8) is 0 Å². The molecular weight excluding hydrogens is 338 g/mol. The Morgan fingerprint density at radius 2 is 2.08 bits per heavy atom. The number of carbonyl (C=O) groups excluding carboxylic acids is 2. The van der Waals surface area contributed by atoms with E-state index in [-0.39, 0.29) is 18.4 Å². The molecule has 7 heteroatoms. The van der Waals surface area contributed by atoms with Gasteiger partial charge in [0.05, 0.1) is 11.4 Å². The predicted octanol–water partition coefficient (Wildman–Crippen LogP) is 3.46. The van der Waals surface area contributed by atoms with Crippen LogP contribution in [0.1, 0.15) is 25.6 Å². The van der Waals surface area contributed by atoms with Gasteiger partial charge in [-0.15, -0.1) is 11.3 Å². The first-order valence-corrected chi connectivity index (χ1v) is 8.81. The fourth-order valence-electron chi connectivity index (χ4n) is 2.42. The number of benzene rings is 1. The second-order valence-electron chi connectivity index (χ2n) is 7.05. The van der Waals surface area contributed by atoms with Crippen LogP contribution in [0.15, 0.2) is 18.2 Å². The maximum Gasteiger partial charge on any atom is 0.264 e. The lowest BCUT2D eigenvalue weighted by Gasteiger charge is -2.26. The molecule has 1 aliphatic heterocycles. The minimum atomic E-state index is -0.480. The molecule has 6 nitrogen and oxygen atoms in total. The molecule has 1 N–H and O–H groups in total. The predicted molar refractivity (Wildman–Crippen MR) is 99.3 cm³/mol. The van der Waals surface area contributed by atoms with Crippen LogP contribution in [-0.4, -0.2) is 30.5 Å². The summed E-state index contributed by atoms with van der Waals surface area (Å²) in [5, 5.41) is 3.45. The van der Waals surface area contributed by atoms with Gasteiger partial charge in [0.25, 0.3) is 5.91 Å². The van der Waals surface area contributed by atoms with Crippen LogP contribution >= 0.6 is 11.3 Å². The van der Waals surface area contributed by atoms with Crippen LogP contribution in [0, 0.1) is 12.3 Å². The van der Waals surface area contributed by atoms with Crippen molar-refractivity contribution in [3.8, 4) is 17.0 Å². The van der Waals surface area contributed by atoms with Crippen LogP contribution < -0.4 is 15.0 Å². The Hall–Kier alpha value is -2.41. The summed E-state index contributed by atoms with van der Waals surface area (Å²) in [6.07, 6.45) is 0. The second-order valence-corrected chi connectivity index (χ2v) is 8.26. The molecule has 2 heterocycles. The van der Waals surface area contributed by atoms with Crippen LogP contribution in [0.3, 0.4) is 0 Å². The number of amides is 2. The van der Waals surface area contributed by atoms with E-state index in [1.807, 2.05) is 45.9 Å². The number of nitrogens with zero attached hydrogens (tertiary/aromatic N) is 2. The molecule has 0 saturated heterocycles. The number of aryl methyl sites for hydroxylation is 1. The maximum absolute atomic E-state index is 12.2. The third kappa shape index (κ3) is 3.37. The van der Waals surface area contributed by atoms with E-state index in [0.29, 0.717) is 10.9 Å². The first-order valence-electron chi connectivity index (χ1n) is 7.99. The average Bonchev–Trinajstić information content (AvgIpc) is 2.90. The number of hydrogen-bond acceptors (Lipinski definition) is 5. The van der Waals surface area contributed by atoms with Crippen molar-refractivity contribution in [3.05, 3.63) is 23.1 Å². The Morgan fingerprint density at radius 1 is 1.36 bits per heavy atom. The van der Waals surface area contributed by atoms with Gasteiger partial charge in [-0.3, -0.25) is 9.59 Å². The molecule has 1 aromatic carbocycles. The van der Waals surface area contributed by atoms with Gasteiger partial charge < -0.3 is 15.0 Å². The fraction of sp³-hybridized carbons (Fsp3) is 0.389. The van der Waals surface area contributed by atoms with Crippen molar-refractivity contribution >= 4 is 34.0 Å². The lowest BCUT2D eigenvalue weighted by Crippen LogP contribution is -2.35. The molecule has 0 atom stereocenters. The summed E-state index contributed by atoms with van der Waals surface area (Å²) in [4.78, 5) is 31.1. The molecule has 2 aromatic rings. The monoisotopic (exact) mass is 359 g/mol. The molecular formula is C18H21N3O3S. The van der Waals surface area contributed by atoms with E-state index in [2.05, 4.69) is 10.3 Å². The Bertz CT molecular complexity index is 852. The normalized spacial score (nSPS) is 14.1. The SMILES string of the molecule is Cc1sc(NC(=O)C(C)(C)C)nc1-c1ccc2c(c1)N(C)C(=O)CO2. The molecule has 1 aromatic heterocycles. The largest absolute Gasteiger partial charge is 0.482 e. The van der Waals surface area contributed by atoms with E-state index in [1.165, 1.54) is 11.3 Å². The summed E-state index contributed by atoms with van der Waals surface area (Å²) in [6.45, 7) is 7.60. The number of rotatable bonds is 2. The first kappa shape index (κ1) is 17.4. The van der Waals surface area contributed by atoms with Crippen molar-refractivity contribution in [2.24, 2.45) is 5.41 Å². The van der Waals surface area contributed by atoms with Crippen molar-refractivity contribution < 1.29 is 14.3 Å². The molecule has 25 heavy (non-hydrogen) atoms. The molecule has 0 spiro atoms. The Morgan fingerprint density at radius 3 is 2.76 bits per heavy atom. The zero-order valence-corrected chi connectivity index (χ0v) is 15.8. The van der Waals surface area contributed by atoms with Crippen LogP contribution in [0.2, 0.25) is 0 Å². The highest BCUT2D eigenvalue weighted by molar-refractivity contribution is 7.16. The summed E-state index contributed by atoms with van der Waals surface area (Å²) in [6, 6.07) is 5.66. The number of likely N-dealkylation sites (N-methyl/N-ethyl adjacent to an activating group) is 1. The van der Waals surface area contributed by atoms with Gasteiger partial charge in [0, 0.05) is 22.9 Å². The molecule has 0 aliphatic carbocycles. The molecule has 132 valence electrons. The number of thiazole rings is 1. The molecule has 0 unspecified atom stereocenters. The van der Waals surface area contributed by atoms with Gasteiger partial charge in [0.1, 0.15) is 5.75 Å². The fourth-order valence-corrected chi connectivity index (χ4v) is 3.25. The zero-order valence-electron chi connectivity index (χ0n) is 15.0. The van der Waals surface area contributed by atoms with E-state index >= 15 is 0 Å². The van der Waals surface area contributed by atoms with Crippen LogP contribution in [0.25, 0.3) is 11.3 Å². The average molecular weight is 359 g/mol. The second kappa shape index (κ2) is 6.15. The number of nitrogens with one attached hydrogen (secondary N) is 1. The third-order valence-corrected chi connectivity index (χ3v) is 4.90. The van der Waals surface area contributed by atoms with Crippen molar-refractivity contribution in [2.75, 3.05) is 23.9 Å². The quantitative estimate of drug-likeness (QED) is 0.891. The lowest BCUT2D eigenvalue weighted by atomic mass is 9.96. The Balaban J connectivity index is 1.93.